The third-order valence-corrected chi connectivity index (χ3v) is 2.25. The largest absolute Gasteiger partial charge is 0.330 e. The lowest BCUT2D eigenvalue weighted by molar-refractivity contribution is 0.251. The SMILES string of the molecule is CCN(CCCCCN)CC(C)C. The molecule has 2 N–H and O–H groups in total. The quantitative estimate of drug-likeness (QED) is 0.588. The Bertz CT molecular complexity index is 102. The summed E-state index contributed by atoms with van der Waals surface area (Å²) in [6.07, 6.45) is 3.77. The highest BCUT2D eigenvalue weighted by molar-refractivity contribution is 4.58. The van der Waals surface area contributed by atoms with Crippen LogP contribution in [0.3, 0.4) is 0 Å². The summed E-state index contributed by atoms with van der Waals surface area (Å²) in [5.74, 6) is 0.787. The summed E-state index contributed by atoms with van der Waals surface area (Å²) in [5, 5.41) is 0. The Morgan fingerprint density at radius 2 is 1.85 bits per heavy atom. The van der Waals surface area contributed by atoms with Gasteiger partial charge in [0.2, 0.25) is 0 Å². The first-order valence-electron chi connectivity index (χ1n) is 5.63. The number of hydrogen-bond donors (Lipinski definition) is 1. The van der Waals surface area contributed by atoms with Crippen LogP contribution in [0.15, 0.2) is 0 Å². The van der Waals surface area contributed by atoms with E-state index in [1.807, 2.05) is 0 Å². The van der Waals surface area contributed by atoms with Gasteiger partial charge in [0.1, 0.15) is 0 Å². The molecule has 0 aromatic rings. The lowest BCUT2D eigenvalue weighted by Crippen LogP contribution is -2.28. The number of rotatable bonds is 8. The van der Waals surface area contributed by atoms with E-state index < -0.39 is 0 Å². The van der Waals surface area contributed by atoms with Crippen LogP contribution in [-0.2, 0) is 0 Å². The normalized spacial score (nSPS) is 11.5. The number of unbranched alkanes of at least 4 members (excludes halogenated alkanes) is 2. The fourth-order valence-electron chi connectivity index (χ4n) is 1.55. The third-order valence-electron chi connectivity index (χ3n) is 2.25. The minimum Gasteiger partial charge on any atom is -0.330 e. The Morgan fingerprint density at radius 3 is 2.31 bits per heavy atom. The van der Waals surface area contributed by atoms with Crippen LogP contribution in [0.4, 0.5) is 0 Å². The Morgan fingerprint density at radius 1 is 1.15 bits per heavy atom. The molecule has 0 aliphatic carbocycles. The molecule has 0 rings (SSSR count). The molecular weight excluding hydrogens is 160 g/mol. The van der Waals surface area contributed by atoms with E-state index in [0.717, 1.165) is 12.5 Å². The van der Waals surface area contributed by atoms with Crippen LogP contribution in [0.5, 0.6) is 0 Å². The molecule has 0 aliphatic heterocycles. The molecular formula is C11H26N2. The molecule has 0 bridgehead atoms. The second kappa shape index (κ2) is 8.52. The maximum atomic E-state index is 5.45. The maximum Gasteiger partial charge on any atom is 0.000427 e. The van der Waals surface area contributed by atoms with Gasteiger partial charge in [-0.15, -0.1) is 0 Å². The fraction of sp³-hybridized carbons (Fsp3) is 1.00. The molecule has 0 unspecified atom stereocenters. The molecule has 2 heteroatoms. The van der Waals surface area contributed by atoms with Crippen molar-refractivity contribution in [2.75, 3.05) is 26.2 Å². The van der Waals surface area contributed by atoms with Crippen molar-refractivity contribution in [3.63, 3.8) is 0 Å². The van der Waals surface area contributed by atoms with Crippen LogP contribution in [0.2, 0.25) is 0 Å². The molecule has 0 aromatic heterocycles. The van der Waals surface area contributed by atoms with E-state index in [1.165, 1.54) is 38.9 Å². The van der Waals surface area contributed by atoms with Gasteiger partial charge in [-0.2, -0.15) is 0 Å². The topological polar surface area (TPSA) is 29.3 Å². The van der Waals surface area contributed by atoms with Crippen LogP contribution in [-0.4, -0.2) is 31.1 Å². The molecule has 0 amide bonds. The van der Waals surface area contributed by atoms with Gasteiger partial charge in [0.25, 0.3) is 0 Å². The van der Waals surface area contributed by atoms with E-state index in [-0.39, 0.29) is 0 Å². The molecule has 0 saturated heterocycles. The van der Waals surface area contributed by atoms with Crippen molar-refractivity contribution in [2.24, 2.45) is 11.7 Å². The Balaban J connectivity index is 3.36. The van der Waals surface area contributed by atoms with E-state index in [0.29, 0.717) is 0 Å². The zero-order valence-electron chi connectivity index (χ0n) is 9.55. The van der Waals surface area contributed by atoms with E-state index in [4.69, 9.17) is 5.73 Å². The third kappa shape index (κ3) is 8.26. The smallest absolute Gasteiger partial charge is 0.000427 e. The van der Waals surface area contributed by atoms with E-state index in [2.05, 4.69) is 25.7 Å². The second-order valence-corrected chi connectivity index (χ2v) is 4.14. The minimum atomic E-state index is 0.787. The molecule has 0 spiro atoms. The monoisotopic (exact) mass is 186 g/mol. The molecule has 0 radical (unpaired) electrons. The molecule has 0 fully saturated rings. The molecule has 0 heterocycles. The molecule has 0 atom stereocenters. The number of nitrogens with two attached hydrogens (primary N) is 1. The summed E-state index contributed by atoms with van der Waals surface area (Å²) >= 11 is 0. The summed E-state index contributed by atoms with van der Waals surface area (Å²) in [4.78, 5) is 2.53. The average molecular weight is 186 g/mol. The highest BCUT2D eigenvalue weighted by Gasteiger charge is 2.03. The van der Waals surface area contributed by atoms with Crippen molar-refractivity contribution in [1.82, 2.24) is 4.90 Å². The van der Waals surface area contributed by atoms with Crippen molar-refractivity contribution >= 4 is 0 Å². The van der Waals surface area contributed by atoms with Crippen molar-refractivity contribution in [2.45, 2.75) is 40.0 Å². The second-order valence-electron chi connectivity index (χ2n) is 4.14. The van der Waals surface area contributed by atoms with Gasteiger partial charge in [0.05, 0.1) is 0 Å². The molecule has 0 saturated carbocycles. The number of hydrogen-bond acceptors (Lipinski definition) is 2. The van der Waals surface area contributed by atoms with Crippen molar-refractivity contribution in [1.29, 1.82) is 0 Å². The highest BCUT2D eigenvalue weighted by atomic mass is 15.1. The summed E-state index contributed by atoms with van der Waals surface area (Å²) in [5.41, 5.74) is 5.45. The Kier molecular flexibility index (Phi) is 8.46. The number of nitrogens with zero attached hydrogens (tertiary/aromatic N) is 1. The van der Waals surface area contributed by atoms with Crippen molar-refractivity contribution in [3.05, 3.63) is 0 Å². The molecule has 13 heavy (non-hydrogen) atoms. The van der Waals surface area contributed by atoms with E-state index >= 15 is 0 Å². The van der Waals surface area contributed by atoms with Gasteiger partial charge in [-0.25, -0.2) is 0 Å². The lowest BCUT2D eigenvalue weighted by Gasteiger charge is -2.22. The first-order valence-corrected chi connectivity index (χ1v) is 5.63. The van der Waals surface area contributed by atoms with Gasteiger partial charge in [0.15, 0.2) is 0 Å². The summed E-state index contributed by atoms with van der Waals surface area (Å²) in [6.45, 7) is 11.3. The lowest BCUT2D eigenvalue weighted by atomic mass is 10.2. The van der Waals surface area contributed by atoms with Crippen molar-refractivity contribution in [3.8, 4) is 0 Å². The van der Waals surface area contributed by atoms with Gasteiger partial charge in [-0.05, 0) is 38.4 Å². The van der Waals surface area contributed by atoms with Gasteiger partial charge in [-0.1, -0.05) is 27.2 Å². The maximum absolute atomic E-state index is 5.45. The molecule has 0 aromatic carbocycles. The molecule has 80 valence electrons. The van der Waals surface area contributed by atoms with Crippen LogP contribution in [0, 0.1) is 5.92 Å². The van der Waals surface area contributed by atoms with Gasteiger partial charge >= 0.3 is 0 Å². The minimum absolute atomic E-state index is 0.787. The average Bonchev–Trinajstić information content (AvgIpc) is 2.09. The summed E-state index contributed by atoms with van der Waals surface area (Å²) in [6, 6.07) is 0. The predicted octanol–water partition coefficient (Wildman–Crippen LogP) is 2.09. The van der Waals surface area contributed by atoms with Gasteiger partial charge in [-0.3, -0.25) is 0 Å². The summed E-state index contributed by atoms with van der Waals surface area (Å²) < 4.78 is 0. The molecule has 2 nitrogen and oxygen atoms in total. The van der Waals surface area contributed by atoms with Crippen molar-refractivity contribution < 1.29 is 0 Å². The fourth-order valence-corrected chi connectivity index (χ4v) is 1.55. The van der Waals surface area contributed by atoms with E-state index in [9.17, 15) is 0 Å². The van der Waals surface area contributed by atoms with Crippen LogP contribution < -0.4 is 5.73 Å². The van der Waals surface area contributed by atoms with Gasteiger partial charge in [0, 0.05) is 6.54 Å². The zero-order chi connectivity index (χ0) is 10.1. The van der Waals surface area contributed by atoms with Crippen LogP contribution in [0.1, 0.15) is 40.0 Å². The first kappa shape index (κ1) is 12.9. The van der Waals surface area contributed by atoms with E-state index in [1.54, 1.807) is 0 Å². The highest BCUT2D eigenvalue weighted by Crippen LogP contribution is 2.02. The first-order chi connectivity index (χ1) is 6.20. The summed E-state index contributed by atoms with van der Waals surface area (Å²) in [7, 11) is 0. The predicted molar refractivity (Wildman–Crippen MR) is 59.9 cm³/mol. The standard InChI is InChI=1S/C11H26N2/c1-4-13(10-11(2)3)9-7-5-6-8-12/h11H,4-10,12H2,1-3H3. The molecule has 0 aliphatic rings. The Labute approximate surface area is 83.5 Å². The van der Waals surface area contributed by atoms with Crippen LogP contribution in [0.25, 0.3) is 0 Å². The Hall–Kier alpha value is -0.0800. The van der Waals surface area contributed by atoms with Crippen LogP contribution >= 0.6 is 0 Å². The zero-order valence-corrected chi connectivity index (χ0v) is 9.55. The van der Waals surface area contributed by atoms with Gasteiger partial charge < -0.3 is 10.6 Å².